The van der Waals surface area contributed by atoms with Gasteiger partial charge in [0.05, 0.1) is 4.47 Å². The molecule has 1 aromatic rings. The molecule has 72 valence electrons. The molecule has 0 radical (unpaired) electrons. The van der Waals surface area contributed by atoms with Gasteiger partial charge in [-0.15, -0.1) is 0 Å². The van der Waals surface area contributed by atoms with E-state index in [2.05, 4.69) is 20.9 Å². The molecule has 0 amide bonds. The van der Waals surface area contributed by atoms with E-state index in [-0.39, 0.29) is 15.2 Å². The average molecular weight is 289 g/mol. The Morgan fingerprint density at radius 2 is 2.15 bits per heavy atom. The van der Waals surface area contributed by atoms with Crippen molar-refractivity contribution in [1.29, 1.82) is 0 Å². The van der Waals surface area contributed by atoms with E-state index in [0.29, 0.717) is 0 Å². The van der Waals surface area contributed by atoms with E-state index in [4.69, 9.17) is 15.8 Å². The first-order chi connectivity index (χ1) is 5.82. The molecule has 0 aliphatic heterocycles. The molecular formula is C5H3BrClNO4S. The molecule has 1 aromatic heterocycles. The van der Waals surface area contributed by atoms with Gasteiger partial charge in [-0.1, -0.05) is 0 Å². The Bertz CT molecular complexity index is 451. The van der Waals surface area contributed by atoms with Gasteiger partial charge in [-0.2, -0.15) is 0 Å². The van der Waals surface area contributed by atoms with Crippen molar-refractivity contribution in [3.8, 4) is 0 Å². The lowest BCUT2D eigenvalue weighted by Crippen LogP contribution is -1.98. The van der Waals surface area contributed by atoms with Gasteiger partial charge in [-0.3, -0.25) is 0 Å². The number of halogens is 2. The summed E-state index contributed by atoms with van der Waals surface area (Å²) in [6, 6.07) is 1.12. The van der Waals surface area contributed by atoms with Crippen LogP contribution in [0.15, 0.2) is 15.6 Å². The lowest BCUT2D eigenvalue weighted by Gasteiger charge is -1.90. The smallest absolute Gasteiger partial charge is 0.352 e. The van der Waals surface area contributed by atoms with Crippen LogP contribution >= 0.6 is 26.6 Å². The molecule has 0 bridgehead atoms. The molecule has 5 nitrogen and oxygen atoms in total. The standard InChI is InChI=1S/C5H3BrClNO4S/c6-2-1-3(5(9)10)8-4(2)13(7,11)12/h1,8H,(H,9,10). The maximum Gasteiger partial charge on any atom is 0.352 e. The first kappa shape index (κ1) is 10.6. The third-order valence-electron chi connectivity index (χ3n) is 1.21. The SMILES string of the molecule is O=C(O)c1cc(Br)c(S(=O)(=O)Cl)[nH]1. The normalized spacial score (nSPS) is 11.5. The Morgan fingerprint density at radius 3 is 2.38 bits per heavy atom. The number of hydrogen-bond donors (Lipinski definition) is 2. The first-order valence-electron chi connectivity index (χ1n) is 2.89. The zero-order chi connectivity index (χ0) is 10.2. The minimum atomic E-state index is -3.94. The molecule has 0 aliphatic rings. The highest BCUT2D eigenvalue weighted by Crippen LogP contribution is 2.25. The minimum absolute atomic E-state index is 0.0971. The number of carboxylic acid groups (broad SMARTS) is 1. The monoisotopic (exact) mass is 287 g/mol. The second-order valence-corrected chi connectivity index (χ2v) is 5.46. The van der Waals surface area contributed by atoms with Gasteiger partial charge in [0.1, 0.15) is 5.69 Å². The van der Waals surface area contributed by atoms with Crippen molar-refractivity contribution >= 4 is 41.6 Å². The molecule has 0 fully saturated rings. The number of carboxylic acids is 1. The Morgan fingerprint density at radius 1 is 1.62 bits per heavy atom. The number of aromatic carboxylic acids is 1. The quantitative estimate of drug-likeness (QED) is 0.805. The fourth-order valence-corrected chi connectivity index (χ4v) is 2.84. The van der Waals surface area contributed by atoms with Gasteiger partial charge in [0.2, 0.25) is 0 Å². The van der Waals surface area contributed by atoms with Crippen molar-refractivity contribution in [3.05, 3.63) is 16.2 Å². The zero-order valence-electron chi connectivity index (χ0n) is 5.91. The first-order valence-corrected chi connectivity index (χ1v) is 5.99. The van der Waals surface area contributed by atoms with Crippen molar-refractivity contribution in [1.82, 2.24) is 4.98 Å². The second-order valence-electron chi connectivity index (χ2n) is 2.10. The molecule has 0 unspecified atom stereocenters. The molecule has 0 atom stereocenters. The van der Waals surface area contributed by atoms with Crippen LogP contribution in [0.3, 0.4) is 0 Å². The second kappa shape index (κ2) is 3.32. The Labute approximate surface area is 86.3 Å². The highest BCUT2D eigenvalue weighted by Gasteiger charge is 2.20. The molecule has 0 saturated carbocycles. The van der Waals surface area contributed by atoms with Crippen LogP contribution in [0.25, 0.3) is 0 Å². The summed E-state index contributed by atoms with van der Waals surface area (Å²) in [7, 11) is 1.06. The predicted octanol–water partition coefficient (Wildman–Crippen LogP) is 1.40. The average Bonchev–Trinajstić information content (AvgIpc) is 2.29. The zero-order valence-corrected chi connectivity index (χ0v) is 9.07. The number of rotatable bonds is 2. The van der Waals surface area contributed by atoms with Gasteiger partial charge in [0, 0.05) is 10.7 Å². The van der Waals surface area contributed by atoms with Crippen molar-refractivity contribution < 1.29 is 18.3 Å². The number of aromatic nitrogens is 1. The number of nitrogens with one attached hydrogen (secondary N) is 1. The molecule has 0 saturated heterocycles. The summed E-state index contributed by atoms with van der Waals surface area (Å²) in [5, 5.41) is 8.14. The molecule has 0 aliphatic carbocycles. The van der Waals surface area contributed by atoms with Crippen LogP contribution in [0.4, 0.5) is 0 Å². The van der Waals surface area contributed by atoms with E-state index in [1.807, 2.05) is 0 Å². The van der Waals surface area contributed by atoms with Crippen molar-refractivity contribution in [3.63, 3.8) is 0 Å². The summed E-state index contributed by atoms with van der Waals surface area (Å²) in [6.07, 6.45) is 0. The molecule has 1 heterocycles. The van der Waals surface area contributed by atoms with E-state index in [9.17, 15) is 13.2 Å². The Kier molecular flexibility index (Phi) is 2.69. The van der Waals surface area contributed by atoms with E-state index >= 15 is 0 Å². The molecular weight excluding hydrogens is 285 g/mol. The van der Waals surface area contributed by atoms with Crippen LogP contribution in [0.1, 0.15) is 10.5 Å². The molecule has 1 rings (SSSR count). The lowest BCUT2D eigenvalue weighted by atomic mass is 10.4. The summed E-state index contributed by atoms with van der Waals surface area (Å²) in [5.74, 6) is -1.26. The number of hydrogen-bond acceptors (Lipinski definition) is 3. The van der Waals surface area contributed by atoms with E-state index < -0.39 is 15.0 Å². The van der Waals surface area contributed by atoms with E-state index in [0.717, 1.165) is 6.07 Å². The summed E-state index contributed by atoms with van der Waals surface area (Å²) < 4.78 is 21.7. The summed E-state index contributed by atoms with van der Waals surface area (Å²) in [6.45, 7) is 0. The van der Waals surface area contributed by atoms with Crippen LogP contribution in [0, 0.1) is 0 Å². The fraction of sp³-hybridized carbons (Fsp3) is 0. The van der Waals surface area contributed by atoms with Crippen LogP contribution in [0.5, 0.6) is 0 Å². The van der Waals surface area contributed by atoms with E-state index in [1.165, 1.54) is 0 Å². The third kappa shape index (κ3) is 2.23. The van der Waals surface area contributed by atoms with E-state index in [1.54, 1.807) is 0 Å². The van der Waals surface area contributed by atoms with Gasteiger partial charge in [0.25, 0.3) is 9.05 Å². The highest BCUT2D eigenvalue weighted by molar-refractivity contribution is 9.10. The largest absolute Gasteiger partial charge is 0.477 e. The number of H-pyrrole nitrogens is 1. The summed E-state index contributed by atoms with van der Waals surface area (Å²) in [4.78, 5) is 12.6. The van der Waals surface area contributed by atoms with Crippen LogP contribution in [0.2, 0.25) is 0 Å². The highest BCUT2D eigenvalue weighted by atomic mass is 79.9. The van der Waals surface area contributed by atoms with Gasteiger partial charge in [-0.05, 0) is 22.0 Å². The Hall–Kier alpha value is -0.530. The van der Waals surface area contributed by atoms with Gasteiger partial charge in [-0.25, -0.2) is 13.2 Å². The van der Waals surface area contributed by atoms with Crippen LogP contribution < -0.4 is 0 Å². The molecule has 0 spiro atoms. The molecule has 13 heavy (non-hydrogen) atoms. The molecule has 8 heteroatoms. The minimum Gasteiger partial charge on any atom is -0.477 e. The third-order valence-corrected chi connectivity index (χ3v) is 3.37. The fourth-order valence-electron chi connectivity index (χ4n) is 0.703. The number of aromatic amines is 1. The maximum absolute atomic E-state index is 10.8. The van der Waals surface area contributed by atoms with Crippen LogP contribution in [-0.4, -0.2) is 24.5 Å². The molecule has 2 N–H and O–H groups in total. The topological polar surface area (TPSA) is 87.2 Å². The van der Waals surface area contributed by atoms with Gasteiger partial charge < -0.3 is 10.1 Å². The molecule has 0 aromatic carbocycles. The van der Waals surface area contributed by atoms with Gasteiger partial charge in [0.15, 0.2) is 5.03 Å². The number of carbonyl (C=O) groups is 1. The van der Waals surface area contributed by atoms with Gasteiger partial charge >= 0.3 is 5.97 Å². The van der Waals surface area contributed by atoms with Crippen molar-refractivity contribution in [2.24, 2.45) is 0 Å². The lowest BCUT2D eigenvalue weighted by molar-refractivity contribution is 0.0691. The maximum atomic E-state index is 10.8. The van der Waals surface area contributed by atoms with Crippen molar-refractivity contribution in [2.75, 3.05) is 0 Å². The van der Waals surface area contributed by atoms with Crippen LogP contribution in [-0.2, 0) is 9.05 Å². The van der Waals surface area contributed by atoms with Crippen molar-refractivity contribution in [2.45, 2.75) is 5.03 Å². The summed E-state index contributed by atoms with van der Waals surface area (Å²) in [5.41, 5.74) is -0.244. The predicted molar refractivity (Wildman–Crippen MR) is 48.5 cm³/mol. The summed E-state index contributed by atoms with van der Waals surface area (Å²) >= 11 is 2.86. The Balaban J connectivity index is 3.35.